The Kier molecular flexibility index (Phi) is 4.56. The van der Waals surface area contributed by atoms with Crippen LogP contribution in [0.2, 0.25) is 5.02 Å². The van der Waals surface area contributed by atoms with Crippen LogP contribution in [0.3, 0.4) is 0 Å². The quantitative estimate of drug-likeness (QED) is 0.686. The molecule has 1 unspecified atom stereocenters. The van der Waals surface area contributed by atoms with E-state index in [0.717, 1.165) is 28.0 Å². The zero-order chi connectivity index (χ0) is 14.9. The third-order valence-corrected chi connectivity index (χ3v) is 4.01. The minimum absolute atomic E-state index is 0.0788. The lowest BCUT2D eigenvalue weighted by Crippen LogP contribution is -1.98. The van der Waals surface area contributed by atoms with E-state index in [1.54, 1.807) is 19.2 Å². The summed E-state index contributed by atoms with van der Waals surface area (Å²) in [6, 6.07) is 8.48. The van der Waals surface area contributed by atoms with Crippen LogP contribution in [-0.2, 0) is 0 Å². The minimum Gasteiger partial charge on any atom is -0.496 e. The molecule has 0 saturated carbocycles. The van der Waals surface area contributed by atoms with Gasteiger partial charge in [0.25, 0.3) is 0 Å². The second kappa shape index (κ2) is 6.02. The van der Waals surface area contributed by atoms with E-state index in [2.05, 4.69) is 0 Å². The van der Waals surface area contributed by atoms with Gasteiger partial charge in [-0.15, -0.1) is 11.6 Å². The molecule has 2 aromatic rings. The van der Waals surface area contributed by atoms with Crippen molar-refractivity contribution in [2.45, 2.75) is 19.2 Å². The van der Waals surface area contributed by atoms with Gasteiger partial charge in [-0.2, -0.15) is 0 Å². The summed E-state index contributed by atoms with van der Waals surface area (Å²) in [5.41, 5.74) is 3.73. The van der Waals surface area contributed by atoms with Crippen molar-refractivity contribution < 1.29 is 9.13 Å². The fraction of sp³-hybridized carbons (Fsp3) is 0.250. The first-order valence-corrected chi connectivity index (χ1v) is 6.99. The Hall–Kier alpha value is -1.25. The number of hydrogen-bond donors (Lipinski definition) is 0. The second-order valence-electron chi connectivity index (χ2n) is 4.72. The van der Waals surface area contributed by atoms with Crippen molar-refractivity contribution in [2.75, 3.05) is 7.11 Å². The van der Waals surface area contributed by atoms with E-state index in [9.17, 15) is 4.39 Å². The van der Waals surface area contributed by atoms with Gasteiger partial charge in [0.15, 0.2) is 0 Å². The smallest absolute Gasteiger partial charge is 0.141 e. The molecule has 0 fully saturated rings. The summed E-state index contributed by atoms with van der Waals surface area (Å²) >= 11 is 12.3. The summed E-state index contributed by atoms with van der Waals surface area (Å²) in [5, 5.41) is -0.300. The Morgan fingerprint density at radius 1 is 1.05 bits per heavy atom. The van der Waals surface area contributed by atoms with Crippen molar-refractivity contribution in [1.29, 1.82) is 0 Å². The van der Waals surface area contributed by atoms with E-state index >= 15 is 0 Å². The number of benzene rings is 2. The van der Waals surface area contributed by atoms with Gasteiger partial charge in [-0.25, -0.2) is 4.39 Å². The molecule has 1 nitrogen and oxygen atoms in total. The van der Waals surface area contributed by atoms with E-state index < -0.39 is 5.82 Å². The molecule has 0 radical (unpaired) electrons. The maximum absolute atomic E-state index is 13.2. The Balaban J connectivity index is 2.42. The Morgan fingerprint density at radius 3 is 2.15 bits per heavy atom. The predicted octanol–water partition coefficient (Wildman–Crippen LogP) is 5.43. The highest BCUT2D eigenvalue weighted by Crippen LogP contribution is 2.35. The predicted molar refractivity (Wildman–Crippen MR) is 81.6 cm³/mol. The standard InChI is InChI=1S/C16H15Cl2FO/c1-9-6-12(7-10(2)16(9)20-3)15(18)11-4-5-14(19)13(17)8-11/h4-8,15H,1-3H3. The largest absolute Gasteiger partial charge is 0.496 e. The van der Waals surface area contributed by atoms with E-state index in [1.807, 2.05) is 26.0 Å². The number of halogens is 3. The van der Waals surface area contributed by atoms with Crippen LogP contribution in [0.4, 0.5) is 4.39 Å². The molecule has 0 heterocycles. The average molecular weight is 313 g/mol. The van der Waals surface area contributed by atoms with Gasteiger partial charge in [-0.1, -0.05) is 29.8 Å². The summed E-state index contributed by atoms with van der Waals surface area (Å²) < 4.78 is 18.5. The van der Waals surface area contributed by atoms with Crippen molar-refractivity contribution in [3.63, 3.8) is 0 Å². The molecule has 4 heteroatoms. The lowest BCUT2D eigenvalue weighted by Gasteiger charge is -2.15. The molecule has 0 spiro atoms. The third-order valence-electron chi connectivity index (χ3n) is 3.22. The number of alkyl halides is 1. The molecule has 0 N–H and O–H groups in total. The molecule has 0 aliphatic rings. The fourth-order valence-electron chi connectivity index (χ4n) is 2.31. The van der Waals surface area contributed by atoms with E-state index in [1.165, 1.54) is 6.07 Å². The van der Waals surface area contributed by atoms with Gasteiger partial charge in [0, 0.05) is 0 Å². The number of methoxy groups -OCH3 is 1. The summed E-state index contributed by atoms with van der Waals surface area (Å²) in [5.74, 6) is 0.413. The summed E-state index contributed by atoms with van der Waals surface area (Å²) in [6.45, 7) is 3.94. The van der Waals surface area contributed by atoms with Crippen LogP contribution in [0.25, 0.3) is 0 Å². The van der Waals surface area contributed by atoms with Gasteiger partial charge >= 0.3 is 0 Å². The number of aryl methyl sites for hydroxylation is 2. The maximum Gasteiger partial charge on any atom is 0.141 e. The molecule has 0 aliphatic heterocycles. The van der Waals surface area contributed by atoms with Gasteiger partial charge < -0.3 is 4.74 Å². The zero-order valence-corrected chi connectivity index (χ0v) is 13.0. The van der Waals surface area contributed by atoms with E-state index in [4.69, 9.17) is 27.9 Å². The molecule has 0 aromatic heterocycles. The van der Waals surface area contributed by atoms with Gasteiger partial charge in [-0.05, 0) is 48.2 Å². The molecular formula is C16H15Cl2FO. The van der Waals surface area contributed by atoms with Crippen LogP contribution in [0, 0.1) is 19.7 Å². The van der Waals surface area contributed by atoms with Crippen molar-refractivity contribution in [3.8, 4) is 5.75 Å². The Labute approximate surface area is 128 Å². The first-order valence-electron chi connectivity index (χ1n) is 6.18. The van der Waals surface area contributed by atoms with Crippen LogP contribution in [0.15, 0.2) is 30.3 Å². The number of hydrogen-bond acceptors (Lipinski definition) is 1. The fourth-order valence-corrected chi connectivity index (χ4v) is 2.77. The molecule has 0 amide bonds. The van der Waals surface area contributed by atoms with Gasteiger partial charge in [0.1, 0.15) is 11.6 Å². The number of rotatable bonds is 3. The van der Waals surface area contributed by atoms with Crippen molar-refractivity contribution >= 4 is 23.2 Å². The van der Waals surface area contributed by atoms with Gasteiger partial charge in [-0.3, -0.25) is 0 Å². The highest BCUT2D eigenvalue weighted by molar-refractivity contribution is 6.31. The van der Waals surface area contributed by atoms with Gasteiger partial charge in [0.2, 0.25) is 0 Å². The van der Waals surface area contributed by atoms with Crippen molar-refractivity contribution in [3.05, 3.63) is 63.4 Å². The van der Waals surface area contributed by atoms with Crippen LogP contribution in [-0.4, -0.2) is 7.11 Å². The van der Waals surface area contributed by atoms with Crippen LogP contribution in [0.5, 0.6) is 5.75 Å². The number of ether oxygens (including phenoxy) is 1. The summed E-state index contributed by atoms with van der Waals surface area (Å²) in [4.78, 5) is 0. The van der Waals surface area contributed by atoms with Crippen molar-refractivity contribution in [2.24, 2.45) is 0 Å². The maximum atomic E-state index is 13.2. The van der Waals surface area contributed by atoms with Crippen molar-refractivity contribution in [1.82, 2.24) is 0 Å². The monoisotopic (exact) mass is 312 g/mol. The van der Waals surface area contributed by atoms with Gasteiger partial charge in [0.05, 0.1) is 17.5 Å². The molecule has 20 heavy (non-hydrogen) atoms. The zero-order valence-electron chi connectivity index (χ0n) is 11.5. The first-order chi connectivity index (χ1) is 9.43. The van der Waals surface area contributed by atoms with E-state index in [-0.39, 0.29) is 10.4 Å². The minimum atomic E-state index is -0.443. The molecular weight excluding hydrogens is 298 g/mol. The first kappa shape index (κ1) is 15.1. The highest BCUT2D eigenvalue weighted by atomic mass is 35.5. The summed E-state index contributed by atoms with van der Waals surface area (Å²) in [7, 11) is 1.65. The Morgan fingerprint density at radius 2 is 1.65 bits per heavy atom. The van der Waals surface area contributed by atoms with Crippen LogP contribution in [0.1, 0.15) is 27.6 Å². The molecule has 2 rings (SSSR count). The molecule has 0 aliphatic carbocycles. The molecule has 0 bridgehead atoms. The lowest BCUT2D eigenvalue weighted by atomic mass is 9.99. The molecule has 0 saturated heterocycles. The highest BCUT2D eigenvalue weighted by Gasteiger charge is 2.15. The second-order valence-corrected chi connectivity index (χ2v) is 5.57. The van der Waals surface area contributed by atoms with Crippen LogP contribution < -0.4 is 4.74 Å². The molecule has 106 valence electrons. The third kappa shape index (κ3) is 2.92. The Bertz CT molecular complexity index is 617. The topological polar surface area (TPSA) is 9.23 Å². The average Bonchev–Trinajstić information content (AvgIpc) is 2.40. The normalized spacial score (nSPS) is 12.3. The summed E-state index contributed by atoms with van der Waals surface area (Å²) in [6.07, 6.45) is 0. The molecule has 2 aromatic carbocycles. The molecule has 1 atom stereocenters. The van der Waals surface area contributed by atoms with E-state index in [0.29, 0.717) is 0 Å². The lowest BCUT2D eigenvalue weighted by molar-refractivity contribution is 0.408. The van der Waals surface area contributed by atoms with Crippen LogP contribution >= 0.6 is 23.2 Å². The SMILES string of the molecule is COc1c(C)cc(C(Cl)c2ccc(F)c(Cl)c2)cc1C.